The zero-order valence-corrected chi connectivity index (χ0v) is 16.4. The van der Waals surface area contributed by atoms with Gasteiger partial charge < -0.3 is 11.1 Å². The van der Waals surface area contributed by atoms with E-state index in [-0.39, 0.29) is 23.5 Å². The van der Waals surface area contributed by atoms with E-state index in [4.69, 9.17) is 5.73 Å². The van der Waals surface area contributed by atoms with Gasteiger partial charge in [0.25, 0.3) is 5.91 Å². The van der Waals surface area contributed by atoms with Crippen molar-refractivity contribution in [2.45, 2.75) is 19.6 Å². The highest BCUT2D eigenvalue weighted by atomic mass is 32.1. The van der Waals surface area contributed by atoms with Crippen molar-refractivity contribution in [3.8, 4) is 11.3 Å². The number of amides is 1. The predicted molar refractivity (Wildman–Crippen MR) is 108 cm³/mol. The summed E-state index contributed by atoms with van der Waals surface area (Å²) in [6.45, 7) is 1.92. The van der Waals surface area contributed by atoms with Crippen LogP contribution < -0.4 is 11.1 Å². The third-order valence-electron chi connectivity index (χ3n) is 4.46. The average molecular weight is 432 g/mol. The number of fused-ring (bicyclic) bond motifs is 1. The van der Waals surface area contributed by atoms with Crippen molar-refractivity contribution in [1.82, 2.24) is 19.4 Å². The van der Waals surface area contributed by atoms with Gasteiger partial charge in [0, 0.05) is 29.0 Å². The highest BCUT2D eigenvalue weighted by Gasteiger charge is 2.35. The van der Waals surface area contributed by atoms with Gasteiger partial charge in [-0.25, -0.2) is 0 Å². The number of nitrogens with one attached hydrogen (secondary N) is 1. The maximum Gasteiger partial charge on any atom is 0.435 e. The molecule has 0 bridgehead atoms. The molecule has 2 aromatic heterocycles. The van der Waals surface area contributed by atoms with Crippen LogP contribution in [0.2, 0.25) is 0 Å². The molecular weight excluding hydrogens is 417 g/mol. The second kappa shape index (κ2) is 7.41. The number of nitrogens with zero attached hydrogens (tertiary/aromatic N) is 4. The molecule has 7 nitrogen and oxygen atoms in total. The van der Waals surface area contributed by atoms with Crippen molar-refractivity contribution in [3.05, 3.63) is 53.7 Å². The summed E-state index contributed by atoms with van der Waals surface area (Å²) in [7, 11) is 0. The minimum Gasteiger partial charge on any atom is -0.398 e. The molecule has 0 unspecified atom stereocenters. The lowest BCUT2D eigenvalue weighted by molar-refractivity contribution is -0.141. The predicted octanol–water partition coefficient (Wildman–Crippen LogP) is 4.43. The van der Waals surface area contributed by atoms with Gasteiger partial charge in [-0.1, -0.05) is 4.49 Å². The molecule has 1 amide bonds. The molecule has 2 heterocycles. The topological polar surface area (TPSA) is 98.7 Å². The number of carbonyl (C=O) groups excluding carboxylic acids is 1. The summed E-state index contributed by atoms with van der Waals surface area (Å²) in [4.78, 5) is 12.6. The van der Waals surface area contributed by atoms with Crippen molar-refractivity contribution < 1.29 is 18.0 Å². The number of aryl methyl sites for hydroxylation is 1. The summed E-state index contributed by atoms with van der Waals surface area (Å²) >= 11 is 1.25. The minimum atomic E-state index is -4.56. The largest absolute Gasteiger partial charge is 0.435 e. The van der Waals surface area contributed by atoms with E-state index in [0.717, 1.165) is 10.8 Å². The Bertz CT molecular complexity index is 1250. The van der Waals surface area contributed by atoms with E-state index < -0.39 is 17.8 Å². The van der Waals surface area contributed by atoms with Gasteiger partial charge in [0.2, 0.25) is 0 Å². The number of anilines is 2. The summed E-state index contributed by atoms with van der Waals surface area (Å²) in [6, 6.07) is 10.6. The number of rotatable bonds is 4. The Kier molecular flexibility index (Phi) is 4.90. The fraction of sp³-hybridized carbons (Fsp3) is 0.158. The smallest absolute Gasteiger partial charge is 0.398 e. The molecule has 0 fully saturated rings. The molecule has 3 N–H and O–H groups in total. The van der Waals surface area contributed by atoms with Gasteiger partial charge >= 0.3 is 6.18 Å². The van der Waals surface area contributed by atoms with Crippen molar-refractivity contribution >= 4 is 39.0 Å². The SMILES string of the molecule is CCn1nc(C(F)(F)F)cc1-c1ccc(C(=O)Nc2ccc3snnc3c2)cc1N. The van der Waals surface area contributed by atoms with Gasteiger partial charge in [-0.3, -0.25) is 9.48 Å². The van der Waals surface area contributed by atoms with Gasteiger partial charge in [0.1, 0.15) is 5.52 Å². The fourth-order valence-electron chi connectivity index (χ4n) is 3.01. The van der Waals surface area contributed by atoms with E-state index >= 15 is 0 Å². The summed E-state index contributed by atoms with van der Waals surface area (Å²) in [5, 5.41) is 10.3. The number of halogens is 3. The van der Waals surface area contributed by atoms with E-state index in [1.54, 1.807) is 25.1 Å². The molecule has 0 atom stereocenters. The molecule has 0 saturated heterocycles. The van der Waals surface area contributed by atoms with Gasteiger partial charge in [0.15, 0.2) is 5.69 Å². The normalized spacial score (nSPS) is 11.7. The third-order valence-corrected chi connectivity index (χ3v) is 5.17. The monoisotopic (exact) mass is 432 g/mol. The van der Waals surface area contributed by atoms with Crippen molar-refractivity contribution in [1.29, 1.82) is 0 Å². The number of nitrogens with two attached hydrogens (primary N) is 1. The Morgan fingerprint density at radius 2 is 2.00 bits per heavy atom. The van der Waals surface area contributed by atoms with E-state index in [2.05, 4.69) is 20.0 Å². The van der Waals surface area contributed by atoms with Crippen LogP contribution in [0.3, 0.4) is 0 Å². The van der Waals surface area contributed by atoms with Crippen LogP contribution >= 0.6 is 11.5 Å². The Balaban J connectivity index is 1.61. The van der Waals surface area contributed by atoms with Gasteiger partial charge in [-0.2, -0.15) is 18.3 Å². The Hall–Kier alpha value is -3.47. The van der Waals surface area contributed by atoms with Crippen LogP contribution in [-0.2, 0) is 12.7 Å². The first-order valence-electron chi connectivity index (χ1n) is 8.84. The number of aromatic nitrogens is 4. The van der Waals surface area contributed by atoms with Crippen LogP contribution in [-0.4, -0.2) is 25.3 Å². The summed E-state index contributed by atoms with van der Waals surface area (Å²) < 4.78 is 45.0. The van der Waals surface area contributed by atoms with Crippen molar-refractivity contribution in [3.63, 3.8) is 0 Å². The lowest BCUT2D eigenvalue weighted by Crippen LogP contribution is -2.12. The quantitative estimate of drug-likeness (QED) is 0.465. The van der Waals surface area contributed by atoms with Crippen LogP contribution in [0.5, 0.6) is 0 Å². The molecule has 0 aliphatic carbocycles. The third kappa shape index (κ3) is 3.71. The molecule has 154 valence electrons. The van der Waals surface area contributed by atoms with E-state index in [9.17, 15) is 18.0 Å². The van der Waals surface area contributed by atoms with Gasteiger partial charge in [0.05, 0.1) is 10.4 Å². The maximum absolute atomic E-state index is 13.0. The molecule has 0 spiro atoms. The van der Waals surface area contributed by atoms with E-state index in [0.29, 0.717) is 16.8 Å². The van der Waals surface area contributed by atoms with Crippen molar-refractivity contribution in [2.24, 2.45) is 0 Å². The summed E-state index contributed by atoms with van der Waals surface area (Å²) in [5.74, 6) is -0.407. The van der Waals surface area contributed by atoms with Crippen LogP contribution in [0, 0.1) is 0 Å². The maximum atomic E-state index is 13.0. The first-order chi connectivity index (χ1) is 14.3. The zero-order valence-electron chi connectivity index (χ0n) is 15.6. The molecule has 2 aromatic carbocycles. The lowest BCUT2D eigenvalue weighted by atomic mass is 10.1. The van der Waals surface area contributed by atoms with Crippen LogP contribution in [0.25, 0.3) is 21.5 Å². The van der Waals surface area contributed by atoms with Crippen LogP contribution in [0.4, 0.5) is 24.5 Å². The van der Waals surface area contributed by atoms with Gasteiger partial charge in [-0.15, -0.1) is 5.10 Å². The second-order valence-corrected chi connectivity index (χ2v) is 7.23. The Labute approximate surface area is 172 Å². The fourth-order valence-corrected chi connectivity index (χ4v) is 3.55. The first kappa shape index (κ1) is 19.8. The molecule has 0 saturated carbocycles. The molecular formula is C19H15F3N6OS. The van der Waals surface area contributed by atoms with Crippen molar-refractivity contribution in [2.75, 3.05) is 11.1 Å². The number of alkyl halides is 3. The first-order valence-corrected chi connectivity index (χ1v) is 9.62. The molecule has 30 heavy (non-hydrogen) atoms. The molecule has 4 rings (SSSR count). The number of benzene rings is 2. The standard InChI is InChI=1S/C19H15F3N6OS/c1-2-28-15(9-17(26-28)19(20,21)22)12-5-3-10(7-13(12)23)18(29)24-11-4-6-16-14(8-11)25-27-30-16/h3-9H,2,23H2,1H3,(H,24,29). The molecule has 4 aromatic rings. The van der Waals surface area contributed by atoms with E-state index in [1.807, 2.05) is 0 Å². The number of hydrogen-bond acceptors (Lipinski definition) is 6. The molecule has 0 radical (unpaired) electrons. The number of carbonyl (C=O) groups is 1. The zero-order chi connectivity index (χ0) is 21.5. The molecule has 0 aliphatic heterocycles. The van der Waals surface area contributed by atoms with Crippen LogP contribution in [0.15, 0.2) is 42.5 Å². The highest BCUT2D eigenvalue weighted by molar-refractivity contribution is 7.12. The summed E-state index contributed by atoms with van der Waals surface area (Å²) in [5.41, 5.74) is 7.33. The number of hydrogen-bond donors (Lipinski definition) is 2. The second-order valence-electron chi connectivity index (χ2n) is 6.44. The highest BCUT2D eigenvalue weighted by Crippen LogP contribution is 2.34. The number of nitrogen functional groups attached to an aromatic ring is 1. The average Bonchev–Trinajstić information content (AvgIpc) is 3.34. The molecule has 0 aliphatic rings. The lowest BCUT2D eigenvalue weighted by Gasteiger charge is -2.10. The van der Waals surface area contributed by atoms with E-state index in [1.165, 1.54) is 34.4 Å². The van der Waals surface area contributed by atoms with Crippen LogP contribution in [0.1, 0.15) is 23.0 Å². The Morgan fingerprint density at radius 1 is 1.20 bits per heavy atom. The Morgan fingerprint density at radius 3 is 2.70 bits per heavy atom. The minimum absolute atomic E-state index is 0.171. The summed E-state index contributed by atoms with van der Waals surface area (Å²) in [6.07, 6.45) is -4.56. The molecule has 11 heteroatoms. The van der Waals surface area contributed by atoms with Gasteiger partial charge in [-0.05, 0) is 60.9 Å².